The van der Waals surface area contributed by atoms with Crippen molar-refractivity contribution in [3.05, 3.63) is 43.2 Å². The van der Waals surface area contributed by atoms with Crippen LogP contribution in [-0.2, 0) is 13.0 Å². The first-order valence-corrected chi connectivity index (χ1v) is 7.86. The fraction of sp³-hybridized carbons (Fsp3) is 0.333. The molecular formula is C12H14BrNS2. The summed E-state index contributed by atoms with van der Waals surface area (Å²) in [4.78, 5) is 1.49. The summed E-state index contributed by atoms with van der Waals surface area (Å²) < 4.78 is 1.21. The number of hydrogen-bond acceptors (Lipinski definition) is 3. The number of nitrogens with one attached hydrogen (secondary N) is 1. The molecule has 0 bridgehead atoms. The molecule has 1 nitrogen and oxygen atoms in total. The van der Waals surface area contributed by atoms with Gasteiger partial charge in [0.25, 0.3) is 0 Å². The topological polar surface area (TPSA) is 12.0 Å². The lowest BCUT2D eigenvalue weighted by Crippen LogP contribution is -2.14. The van der Waals surface area contributed by atoms with E-state index in [0.29, 0.717) is 0 Å². The molecule has 4 heteroatoms. The van der Waals surface area contributed by atoms with E-state index in [2.05, 4.69) is 50.2 Å². The third kappa shape index (κ3) is 4.01. The molecule has 2 aromatic heterocycles. The van der Waals surface area contributed by atoms with Gasteiger partial charge >= 0.3 is 0 Å². The highest BCUT2D eigenvalue weighted by Gasteiger charge is 1.97. The van der Waals surface area contributed by atoms with Crippen LogP contribution >= 0.6 is 38.6 Å². The second-order valence-electron chi connectivity index (χ2n) is 3.62. The van der Waals surface area contributed by atoms with E-state index in [1.807, 2.05) is 11.3 Å². The summed E-state index contributed by atoms with van der Waals surface area (Å²) >= 11 is 7.07. The van der Waals surface area contributed by atoms with Gasteiger partial charge in [-0.3, -0.25) is 0 Å². The predicted molar refractivity (Wildman–Crippen MR) is 76.4 cm³/mol. The van der Waals surface area contributed by atoms with Gasteiger partial charge in [0.05, 0.1) is 3.79 Å². The van der Waals surface area contributed by atoms with E-state index < -0.39 is 0 Å². The Labute approximate surface area is 113 Å². The van der Waals surface area contributed by atoms with E-state index in [-0.39, 0.29) is 0 Å². The molecule has 16 heavy (non-hydrogen) atoms. The molecule has 0 fully saturated rings. The van der Waals surface area contributed by atoms with Crippen LogP contribution in [0.4, 0.5) is 0 Å². The zero-order chi connectivity index (χ0) is 11.2. The Bertz CT molecular complexity index is 408. The number of rotatable bonds is 6. The van der Waals surface area contributed by atoms with Crippen LogP contribution in [0.5, 0.6) is 0 Å². The quantitative estimate of drug-likeness (QED) is 0.784. The van der Waals surface area contributed by atoms with E-state index in [9.17, 15) is 0 Å². The van der Waals surface area contributed by atoms with Gasteiger partial charge in [-0.25, -0.2) is 0 Å². The molecule has 0 spiro atoms. The van der Waals surface area contributed by atoms with Crippen LogP contribution < -0.4 is 5.32 Å². The summed E-state index contributed by atoms with van der Waals surface area (Å²) in [5, 5.41) is 7.80. The summed E-state index contributed by atoms with van der Waals surface area (Å²) in [5.74, 6) is 0. The number of thiophene rings is 2. The van der Waals surface area contributed by atoms with Crippen molar-refractivity contribution in [3.8, 4) is 0 Å². The monoisotopic (exact) mass is 315 g/mol. The Morgan fingerprint density at radius 1 is 1.31 bits per heavy atom. The summed E-state index contributed by atoms with van der Waals surface area (Å²) in [6.45, 7) is 2.07. The van der Waals surface area contributed by atoms with Gasteiger partial charge in [-0.15, -0.1) is 22.7 Å². The molecule has 1 N–H and O–H groups in total. The molecule has 86 valence electrons. The molecule has 0 unspecified atom stereocenters. The van der Waals surface area contributed by atoms with Crippen LogP contribution in [-0.4, -0.2) is 6.54 Å². The van der Waals surface area contributed by atoms with Crippen LogP contribution in [0.15, 0.2) is 32.7 Å². The van der Waals surface area contributed by atoms with Gasteiger partial charge in [0.1, 0.15) is 0 Å². The molecule has 2 rings (SSSR count). The lowest BCUT2D eigenvalue weighted by Gasteiger charge is -2.02. The molecule has 2 heterocycles. The van der Waals surface area contributed by atoms with E-state index in [1.54, 1.807) is 11.3 Å². The summed E-state index contributed by atoms with van der Waals surface area (Å²) in [6, 6.07) is 6.51. The Morgan fingerprint density at radius 2 is 2.25 bits per heavy atom. The Morgan fingerprint density at radius 3 is 2.94 bits per heavy atom. The molecule has 0 aliphatic rings. The number of hydrogen-bond donors (Lipinski definition) is 1. The highest BCUT2D eigenvalue weighted by Crippen LogP contribution is 2.20. The predicted octanol–water partition coefficient (Wildman–Crippen LogP) is 4.29. The minimum atomic E-state index is 0.979. The van der Waals surface area contributed by atoms with E-state index in [0.717, 1.165) is 13.1 Å². The smallest absolute Gasteiger partial charge is 0.0701 e. The Kier molecular flexibility index (Phi) is 5.03. The lowest BCUT2D eigenvalue weighted by molar-refractivity contribution is 0.653. The Balaban J connectivity index is 1.59. The first-order valence-electron chi connectivity index (χ1n) is 5.30. The van der Waals surface area contributed by atoms with Gasteiger partial charge in [-0.2, -0.15) is 0 Å². The molecule has 0 saturated carbocycles. The SMILES string of the molecule is Brc1cc(CNCCCc2cccs2)cs1. The maximum atomic E-state index is 3.47. The molecule has 0 aromatic carbocycles. The first-order chi connectivity index (χ1) is 7.84. The summed E-state index contributed by atoms with van der Waals surface area (Å²) in [7, 11) is 0. The summed E-state index contributed by atoms with van der Waals surface area (Å²) in [5.41, 5.74) is 1.37. The van der Waals surface area contributed by atoms with Crippen LogP contribution in [0.25, 0.3) is 0 Å². The second-order valence-corrected chi connectivity index (χ2v) is 6.94. The van der Waals surface area contributed by atoms with E-state index in [4.69, 9.17) is 0 Å². The largest absolute Gasteiger partial charge is 0.313 e. The molecule has 0 atom stereocenters. The second kappa shape index (κ2) is 6.55. The standard InChI is InChI=1S/C12H14BrNS2/c13-12-7-10(9-16-12)8-14-5-1-3-11-4-2-6-15-11/h2,4,6-7,9,14H,1,3,5,8H2. The fourth-order valence-corrected chi connectivity index (χ4v) is 3.47. The van der Waals surface area contributed by atoms with Crippen molar-refractivity contribution in [2.24, 2.45) is 0 Å². The van der Waals surface area contributed by atoms with Crippen molar-refractivity contribution in [2.75, 3.05) is 6.54 Å². The van der Waals surface area contributed by atoms with Crippen molar-refractivity contribution in [3.63, 3.8) is 0 Å². The fourth-order valence-electron chi connectivity index (χ4n) is 1.51. The Hall–Kier alpha value is -0.160. The minimum absolute atomic E-state index is 0.979. The van der Waals surface area contributed by atoms with Gasteiger partial charge in [-0.1, -0.05) is 6.07 Å². The van der Waals surface area contributed by atoms with Crippen LogP contribution in [0.1, 0.15) is 16.9 Å². The third-order valence-electron chi connectivity index (χ3n) is 2.31. The van der Waals surface area contributed by atoms with Crippen molar-refractivity contribution in [1.29, 1.82) is 0 Å². The van der Waals surface area contributed by atoms with Crippen LogP contribution in [0.3, 0.4) is 0 Å². The van der Waals surface area contributed by atoms with Crippen molar-refractivity contribution >= 4 is 38.6 Å². The zero-order valence-electron chi connectivity index (χ0n) is 8.91. The highest BCUT2D eigenvalue weighted by molar-refractivity contribution is 9.11. The van der Waals surface area contributed by atoms with E-state index >= 15 is 0 Å². The molecule has 2 aromatic rings. The lowest BCUT2D eigenvalue weighted by atomic mass is 10.2. The van der Waals surface area contributed by atoms with Crippen molar-refractivity contribution in [1.82, 2.24) is 5.32 Å². The van der Waals surface area contributed by atoms with Crippen molar-refractivity contribution in [2.45, 2.75) is 19.4 Å². The highest BCUT2D eigenvalue weighted by atomic mass is 79.9. The van der Waals surface area contributed by atoms with Crippen LogP contribution in [0, 0.1) is 0 Å². The maximum absolute atomic E-state index is 3.47. The summed E-state index contributed by atoms with van der Waals surface area (Å²) in [6.07, 6.45) is 2.41. The third-order valence-corrected chi connectivity index (χ3v) is 4.80. The molecule has 0 saturated heterocycles. The molecular weight excluding hydrogens is 302 g/mol. The minimum Gasteiger partial charge on any atom is -0.313 e. The normalized spacial score (nSPS) is 10.8. The van der Waals surface area contributed by atoms with Crippen LogP contribution in [0.2, 0.25) is 0 Å². The first kappa shape index (κ1) is 12.3. The van der Waals surface area contributed by atoms with Gasteiger partial charge in [0.15, 0.2) is 0 Å². The van der Waals surface area contributed by atoms with Gasteiger partial charge in [0.2, 0.25) is 0 Å². The number of aryl methyl sites for hydroxylation is 1. The van der Waals surface area contributed by atoms with Crippen molar-refractivity contribution < 1.29 is 0 Å². The van der Waals surface area contributed by atoms with Gasteiger partial charge in [0, 0.05) is 11.4 Å². The molecule has 0 radical (unpaired) electrons. The van der Waals surface area contributed by atoms with E-state index in [1.165, 1.54) is 27.1 Å². The molecule has 0 aliphatic carbocycles. The molecule has 0 aliphatic heterocycles. The number of halogens is 1. The van der Waals surface area contributed by atoms with Gasteiger partial charge in [-0.05, 0) is 63.8 Å². The van der Waals surface area contributed by atoms with Gasteiger partial charge < -0.3 is 5.32 Å². The maximum Gasteiger partial charge on any atom is 0.0701 e. The zero-order valence-corrected chi connectivity index (χ0v) is 12.1. The average Bonchev–Trinajstić information content (AvgIpc) is 2.89. The average molecular weight is 316 g/mol. The molecule has 0 amide bonds.